The average molecular weight is 297 g/mol. The van der Waals surface area contributed by atoms with Gasteiger partial charge in [-0.15, -0.1) is 0 Å². The molecule has 108 valence electrons. The first kappa shape index (κ1) is 13.4. The molecule has 0 radical (unpaired) electrons. The lowest BCUT2D eigenvalue weighted by atomic mass is 10.2. The molecule has 1 aromatic rings. The van der Waals surface area contributed by atoms with Gasteiger partial charge in [-0.1, -0.05) is 0 Å². The van der Waals surface area contributed by atoms with Crippen LogP contribution in [0, 0.1) is 0 Å². The molecule has 0 aromatic heterocycles. The SMILES string of the molecule is CN1CCC[C@H]1COc1ccc2c(c1)OC(=O)S2(=O)=O. The Morgan fingerprint density at radius 1 is 1.45 bits per heavy atom. The molecule has 1 fully saturated rings. The van der Waals surface area contributed by atoms with Crippen LogP contribution < -0.4 is 9.47 Å². The number of benzene rings is 1. The Morgan fingerprint density at radius 2 is 2.25 bits per heavy atom. The second kappa shape index (κ2) is 4.75. The van der Waals surface area contributed by atoms with Crippen LogP contribution in [0.5, 0.6) is 11.5 Å². The van der Waals surface area contributed by atoms with E-state index in [9.17, 15) is 13.2 Å². The lowest BCUT2D eigenvalue weighted by Gasteiger charge is -2.19. The molecule has 0 amide bonds. The molecule has 0 bridgehead atoms. The van der Waals surface area contributed by atoms with Crippen LogP contribution in [-0.4, -0.2) is 44.9 Å². The van der Waals surface area contributed by atoms with E-state index in [0.717, 1.165) is 19.4 Å². The lowest BCUT2D eigenvalue weighted by molar-refractivity contribution is 0.197. The van der Waals surface area contributed by atoms with Crippen LogP contribution in [0.4, 0.5) is 4.79 Å². The van der Waals surface area contributed by atoms with E-state index in [1.165, 1.54) is 12.1 Å². The molecule has 2 heterocycles. The highest BCUT2D eigenvalue weighted by molar-refractivity contribution is 8.06. The topological polar surface area (TPSA) is 72.9 Å². The molecule has 3 rings (SSSR count). The highest BCUT2D eigenvalue weighted by atomic mass is 32.2. The molecule has 7 heteroatoms. The van der Waals surface area contributed by atoms with Crippen molar-refractivity contribution in [2.24, 2.45) is 0 Å². The van der Waals surface area contributed by atoms with Gasteiger partial charge in [0.15, 0.2) is 5.75 Å². The van der Waals surface area contributed by atoms with Crippen molar-refractivity contribution in [3.63, 3.8) is 0 Å². The standard InChI is InChI=1S/C13H15NO5S/c1-14-6-2-3-9(14)8-18-10-4-5-12-11(7-10)19-13(15)20(12,16)17/h4-5,7,9H,2-3,6,8H2,1H3/t9-/m0/s1. The highest BCUT2D eigenvalue weighted by Crippen LogP contribution is 2.35. The van der Waals surface area contributed by atoms with Gasteiger partial charge in [-0.2, -0.15) is 0 Å². The van der Waals surface area contributed by atoms with E-state index >= 15 is 0 Å². The van der Waals surface area contributed by atoms with Crippen LogP contribution in [0.2, 0.25) is 0 Å². The molecule has 20 heavy (non-hydrogen) atoms. The summed E-state index contributed by atoms with van der Waals surface area (Å²) >= 11 is 0. The molecule has 6 nitrogen and oxygen atoms in total. The normalized spacial score (nSPS) is 24.4. The zero-order valence-corrected chi connectivity index (χ0v) is 11.9. The third-order valence-corrected chi connectivity index (χ3v) is 5.17. The first-order valence-corrected chi connectivity index (χ1v) is 7.91. The van der Waals surface area contributed by atoms with Gasteiger partial charge >= 0.3 is 5.30 Å². The van der Waals surface area contributed by atoms with Crippen LogP contribution >= 0.6 is 0 Å². The van der Waals surface area contributed by atoms with Gasteiger partial charge < -0.3 is 14.4 Å². The maximum absolute atomic E-state index is 11.6. The van der Waals surface area contributed by atoms with Crippen molar-refractivity contribution in [3.05, 3.63) is 18.2 Å². The smallest absolute Gasteiger partial charge is 0.435 e. The molecule has 1 saturated heterocycles. The minimum absolute atomic E-state index is 0.0484. The Bertz CT molecular complexity index is 655. The quantitative estimate of drug-likeness (QED) is 0.786. The Kier molecular flexibility index (Phi) is 3.18. The van der Waals surface area contributed by atoms with Crippen molar-refractivity contribution in [2.75, 3.05) is 20.2 Å². The van der Waals surface area contributed by atoms with Crippen molar-refractivity contribution < 1.29 is 22.7 Å². The van der Waals surface area contributed by atoms with E-state index in [-0.39, 0.29) is 10.6 Å². The third kappa shape index (κ3) is 2.16. The largest absolute Gasteiger partial charge is 0.492 e. The molecule has 2 aliphatic heterocycles. The number of ether oxygens (including phenoxy) is 2. The van der Waals surface area contributed by atoms with Gasteiger partial charge in [0.05, 0.1) is 0 Å². The fraction of sp³-hybridized carbons (Fsp3) is 0.462. The number of sulfone groups is 1. The van der Waals surface area contributed by atoms with Crippen molar-refractivity contribution >= 4 is 15.1 Å². The molecule has 1 atom stereocenters. The van der Waals surface area contributed by atoms with Crippen molar-refractivity contribution in [2.45, 2.75) is 23.8 Å². The zero-order chi connectivity index (χ0) is 14.3. The fourth-order valence-electron chi connectivity index (χ4n) is 2.50. The second-order valence-corrected chi connectivity index (χ2v) is 6.83. The average Bonchev–Trinajstić information content (AvgIpc) is 2.90. The molecule has 2 aliphatic rings. The highest BCUT2D eigenvalue weighted by Gasteiger charge is 2.38. The summed E-state index contributed by atoms with van der Waals surface area (Å²) in [6, 6.07) is 4.72. The summed E-state index contributed by atoms with van der Waals surface area (Å²) in [6.07, 6.45) is 2.25. The van der Waals surface area contributed by atoms with E-state index in [4.69, 9.17) is 9.47 Å². The number of likely N-dealkylation sites (N-methyl/N-ethyl adjacent to an activating group) is 1. The Labute approximate surface area is 117 Å². The van der Waals surface area contributed by atoms with E-state index in [1.54, 1.807) is 6.07 Å². The summed E-state index contributed by atoms with van der Waals surface area (Å²) in [5, 5.41) is -1.22. The van der Waals surface area contributed by atoms with Gasteiger partial charge in [0.1, 0.15) is 17.3 Å². The Hall–Kier alpha value is -1.60. The number of hydrogen-bond acceptors (Lipinski definition) is 6. The maximum Gasteiger partial charge on any atom is 0.435 e. The Balaban J connectivity index is 1.74. The van der Waals surface area contributed by atoms with Crippen LogP contribution in [0.3, 0.4) is 0 Å². The summed E-state index contributed by atoms with van der Waals surface area (Å²) in [6.45, 7) is 1.60. The summed E-state index contributed by atoms with van der Waals surface area (Å²) in [7, 11) is -1.91. The van der Waals surface area contributed by atoms with Crippen molar-refractivity contribution in [3.8, 4) is 11.5 Å². The number of carbonyl (C=O) groups is 1. The summed E-state index contributed by atoms with van der Waals surface area (Å²) < 4.78 is 33.6. The van der Waals surface area contributed by atoms with Crippen LogP contribution in [0.1, 0.15) is 12.8 Å². The molecule has 0 aliphatic carbocycles. The first-order chi connectivity index (χ1) is 9.48. The van der Waals surface area contributed by atoms with Gasteiger partial charge in [0, 0.05) is 12.1 Å². The van der Waals surface area contributed by atoms with Gasteiger partial charge in [0.2, 0.25) is 0 Å². The number of nitrogens with zero attached hydrogens (tertiary/aromatic N) is 1. The summed E-state index contributed by atoms with van der Waals surface area (Å²) in [5.74, 6) is 0.557. The fourth-order valence-corrected chi connectivity index (χ4v) is 3.49. The first-order valence-electron chi connectivity index (χ1n) is 6.42. The summed E-state index contributed by atoms with van der Waals surface area (Å²) in [5.41, 5.74) is 0. The second-order valence-electron chi connectivity index (χ2n) is 5.05. The predicted octanol–water partition coefficient (Wildman–Crippen LogP) is 1.45. The predicted molar refractivity (Wildman–Crippen MR) is 70.8 cm³/mol. The minimum Gasteiger partial charge on any atom is -0.492 e. The molecule has 0 unspecified atom stereocenters. The van der Waals surface area contributed by atoms with Crippen molar-refractivity contribution in [1.29, 1.82) is 0 Å². The van der Waals surface area contributed by atoms with E-state index in [0.29, 0.717) is 18.4 Å². The lowest BCUT2D eigenvalue weighted by Crippen LogP contribution is -2.30. The Morgan fingerprint density at radius 3 is 2.95 bits per heavy atom. The molecule has 0 saturated carbocycles. The minimum atomic E-state index is -3.97. The van der Waals surface area contributed by atoms with Gasteiger partial charge in [-0.3, -0.25) is 0 Å². The molecule has 1 aromatic carbocycles. The van der Waals surface area contributed by atoms with Gasteiger partial charge in [0.25, 0.3) is 9.84 Å². The van der Waals surface area contributed by atoms with Crippen LogP contribution in [0.15, 0.2) is 23.1 Å². The monoisotopic (exact) mass is 297 g/mol. The zero-order valence-electron chi connectivity index (χ0n) is 11.0. The van der Waals surface area contributed by atoms with Crippen LogP contribution in [0.25, 0.3) is 0 Å². The molecule has 0 spiro atoms. The van der Waals surface area contributed by atoms with Gasteiger partial charge in [-0.05, 0) is 38.6 Å². The maximum atomic E-state index is 11.6. The number of rotatable bonds is 3. The molecular formula is C13H15NO5S. The van der Waals surface area contributed by atoms with Crippen molar-refractivity contribution in [1.82, 2.24) is 4.90 Å². The summed E-state index contributed by atoms with van der Waals surface area (Å²) in [4.78, 5) is 13.4. The number of likely N-dealkylation sites (tertiary alicyclic amines) is 1. The van der Waals surface area contributed by atoms with Gasteiger partial charge in [-0.25, -0.2) is 13.2 Å². The number of fused-ring (bicyclic) bond motifs is 1. The molecular weight excluding hydrogens is 282 g/mol. The third-order valence-electron chi connectivity index (χ3n) is 3.73. The van der Waals surface area contributed by atoms with E-state index in [2.05, 4.69) is 11.9 Å². The molecule has 0 N–H and O–H groups in total. The number of hydrogen-bond donors (Lipinski definition) is 0. The van der Waals surface area contributed by atoms with E-state index in [1.807, 2.05) is 0 Å². The van der Waals surface area contributed by atoms with E-state index < -0.39 is 15.1 Å². The number of carbonyl (C=O) groups excluding carboxylic acids is 1. The van der Waals surface area contributed by atoms with Crippen LogP contribution in [-0.2, 0) is 9.84 Å².